The summed E-state index contributed by atoms with van der Waals surface area (Å²) in [4.78, 5) is 10.2. The molecule has 1 rings (SSSR count). The molecule has 1 aliphatic carbocycles. The Balaban J connectivity index is 2.17. The van der Waals surface area contributed by atoms with E-state index >= 15 is 0 Å². The van der Waals surface area contributed by atoms with Crippen LogP contribution in [0.1, 0.15) is 13.3 Å². The number of carboxylic acid groups (broad SMARTS) is 1. The van der Waals surface area contributed by atoms with Crippen molar-refractivity contribution in [3.8, 4) is 0 Å². The number of hydrogen-bond acceptors (Lipinski definition) is 2. The standard InChI is InChI=1S/C6H10O3/c1-2-9-5-3-4(5)6(7)8/h4-5H,2-3H2,1H3,(H,7,8). The fourth-order valence-electron chi connectivity index (χ4n) is 0.830. The predicted octanol–water partition coefficient (Wildman–Crippen LogP) is 0.496. The molecule has 0 bridgehead atoms. The van der Waals surface area contributed by atoms with Gasteiger partial charge in [0.1, 0.15) is 0 Å². The quantitative estimate of drug-likeness (QED) is 0.605. The van der Waals surface area contributed by atoms with E-state index in [2.05, 4.69) is 0 Å². The summed E-state index contributed by atoms with van der Waals surface area (Å²) in [7, 11) is 0. The van der Waals surface area contributed by atoms with Crippen LogP contribution in [-0.4, -0.2) is 23.8 Å². The Hall–Kier alpha value is -0.570. The van der Waals surface area contributed by atoms with Gasteiger partial charge < -0.3 is 9.84 Å². The second kappa shape index (κ2) is 2.35. The van der Waals surface area contributed by atoms with Crippen LogP contribution < -0.4 is 0 Å². The minimum Gasteiger partial charge on any atom is -0.481 e. The van der Waals surface area contributed by atoms with Crippen LogP contribution in [0.4, 0.5) is 0 Å². The van der Waals surface area contributed by atoms with E-state index < -0.39 is 5.97 Å². The van der Waals surface area contributed by atoms with E-state index in [1.165, 1.54) is 0 Å². The highest BCUT2D eigenvalue weighted by atomic mass is 16.5. The van der Waals surface area contributed by atoms with Crippen LogP contribution in [0.25, 0.3) is 0 Å². The summed E-state index contributed by atoms with van der Waals surface area (Å²) in [6.07, 6.45) is 0.705. The first-order valence-electron chi connectivity index (χ1n) is 3.10. The number of hydrogen-bond donors (Lipinski definition) is 1. The van der Waals surface area contributed by atoms with Crippen molar-refractivity contribution >= 4 is 5.97 Å². The van der Waals surface area contributed by atoms with E-state index in [4.69, 9.17) is 9.84 Å². The average molecular weight is 130 g/mol. The van der Waals surface area contributed by atoms with E-state index in [0.29, 0.717) is 13.0 Å². The highest BCUT2D eigenvalue weighted by molar-refractivity contribution is 5.74. The molecule has 1 saturated carbocycles. The van der Waals surface area contributed by atoms with Crippen molar-refractivity contribution in [2.45, 2.75) is 19.4 Å². The summed E-state index contributed by atoms with van der Waals surface area (Å²) in [6.45, 7) is 2.49. The lowest BCUT2D eigenvalue weighted by atomic mass is 10.4. The molecule has 1 N–H and O–H groups in total. The summed E-state index contributed by atoms with van der Waals surface area (Å²) in [6, 6.07) is 0. The van der Waals surface area contributed by atoms with Gasteiger partial charge in [-0.25, -0.2) is 0 Å². The van der Waals surface area contributed by atoms with Crippen molar-refractivity contribution in [2.24, 2.45) is 5.92 Å². The van der Waals surface area contributed by atoms with Crippen LogP contribution in [0.15, 0.2) is 0 Å². The lowest BCUT2D eigenvalue weighted by molar-refractivity contribution is -0.139. The third-order valence-electron chi connectivity index (χ3n) is 1.43. The fraction of sp³-hybridized carbons (Fsp3) is 0.833. The van der Waals surface area contributed by atoms with Gasteiger partial charge in [-0.2, -0.15) is 0 Å². The van der Waals surface area contributed by atoms with Gasteiger partial charge in [-0.05, 0) is 13.3 Å². The SMILES string of the molecule is CCOC1CC1C(=O)O. The highest BCUT2D eigenvalue weighted by Crippen LogP contribution is 2.33. The van der Waals surface area contributed by atoms with E-state index in [9.17, 15) is 4.79 Å². The Kier molecular flexibility index (Phi) is 1.71. The third-order valence-corrected chi connectivity index (χ3v) is 1.43. The molecule has 2 unspecified atom stereocenters. The van der Waals surface area contributed by atoms with Gasteiger partial charge in [-0.1, -0.05) is 0 Å². The molecule has 0 heterocycles. The van der Waals surface area contributed by atoms with Crippen molar-refractivity contribution in [3.05, 3.63) is 0 Å². The van der Waals surface area contributed by atoms with Gasteiger partial charge in [0.25, 0.3) is 0 Å². The highest BCUT2D eigenvalue weighted by Gasteiger charge is 2.43. The lowest BCUT2D eigenvalue weighted by Gasteiger charge is -1.93. The van der Waals surface area contributed by atoms with Crippen molar-refractivity contribution in [2.75, 3.05) is 6.61 Å². The minimum absolute atomic E-state index is 0.00694. The van der Waals surface area contributed by atoms with Gasteiger partial charge in [-0.3, -0.25) is 4.79 Å². The molecule has 0 aromatic heterocycles. The van der Waals surface area contributed by atoms with Gasteiger partial charge in [0.2, 0.25) is 0 Å². The van der Waals surface area contributed by atoms with Crippen LogP contribution in [0, 0.1) is 5.92 Å². The molecule has 0 amide bonds. The Bertz CT molecular complexity index is 121. The maximum absolute atomic E-state index is 10.2. The molecular weight excluding hydrogens is 120 g/mol. The maximum atomic E-state index is 10.2. The summed E-state index contributed by atoms with van der Waals surface area (Å²) < 4.78 is 5.05. The Labute approximate surface area is 53.6 Å². The van der Waals surface area contributed by atoms with Crippen LogP contribution in [0.2, 0.25) is 0 Å². The molecule has 1 fully saturated rings. The number of carboxylic acids is 1. The van der Waals surface area contributed by atoms with Gasteiger partial charge >= 0.3 is 5.97 Å². The zero-order valence-corrected chi connectivity index (χ0v) is 5.33. The molecule has 3 heteroatoms. The predicted molar refractivity (Wildman–Crippen MR) is 31.2 cm³/mol. The first-order valence-corrected chi connectivity index (χ1v) is 3.10. The fourth-order valence-corrected chi connectivity index (χ4v) is 0.830. The van der Waals surface area contributed by atoms with Gasteiger partial charge in [0, 0.05) is 6.61 Å². The van der Waals surface area contributed by atoms with Crippen molar-refractivity contribution < 1.29 is 14.6 Å². The largest absolute Gasteiger partial charge is 0.481 e. The maximum Gasteiger partial charge on any atom is 0.309 e. The molecule has 3 nitrogen and oxygen atoms in total. The molecular formula is C6H10O3. The Morgan fingerprint density at radius 2 is 2.56 bits per heavy atom. The lowest BCUT2D eigenvalue weighted by Crippen LogP contribution is -2.04. The number of carbonyl (C=O) groups is 1. The summed E-state index contributed by atoms with van der Waals surface area (Å²) >= 11 is 0. The van der Waals surface area contributed by atoms with E-state index in [-0.39, 0.29) is 12.0 Å². The second-order valence-corrected chi connectivity index (χ2v) is 2.17. The molecule has 52 valence electrons. The molecule has 1 aliphatic rings. The summed E-state index contributed by atoms with van der Waals surface area (Å²) in [5.74, 6) is -0.946. The van der Waals surface area contributed by atoms with Gasteiger partial charge in [-0.15, -0.1) is 0 Å². The third kappa shape index (κ3) is 1.42. The van der Waals surface area contributed by atoms with Crippen molar-refractivity contribution in [1.29, 1.82) is 0 Å². The minimum atomic E-state index is -0.728. The van der Waals surface area contributed by atoms with Gasteiger partial charge in [0.15, 0.2) is 0 Å². The van der Waals surface area contributed by atoms with Crippen molar-refractivity contribution in [3.63, 3.8) is 0 Å². The molecule has 0 aromatic carbocycles. The van der Waals surface area contributed by atoms with Crippen LogP contribution in [0.5, 0.6) is 0 Å². The van der Waals surface area contributed by atoms with E-state index in [1.807, 2.05) is 6.92 Å². The zero-order chi connectivity index (χ0) is 6.85. The van der Waals surface area contributed by atoms with Crippen LogP contribution in [0.3, 0.4) is 0 Å². The van der Waals surface area contributed by atoms with Crippen molar-refractivity contribution in [1.82, 2.24) is 0 Å². The van der Waals surface area contributed by atoms with Gasteiger partial charge in [0.05, 0.1) is 12.0 Å². The van der Waals surface area contributed by atoms with E-state index in [1.54, 1.807) is 0 Å². The zero-order valence-electron chi connectivity index (χ0n) is 5.33. The molecule has 2 atom stereocenters. The first kappa shape index (κ1) is 6.55. The first-order chi connectivity index (χ1) is 4.25. The number of rotatable bonds is 3. The normalized spacial score (nSPS) is 32.1. The summed E-state index contributed by atoms with van der Waals surface area (Å²) in [5.41, 5.74) is 0. The summed E-state index contributed by atoms with van der Waals surface area (Å²) in [5, 5.41) is 8.37. The van der Waals surface area contributed by atoms with Crippen LogP contribution >= 0.6 is 0 Å². The molecule has 0 aliphatic heterocycles. The van der Waals surface area contributed by atoms with E-state index in [0.717, 1.165) is 0 Å². The molecule has 9 heavy (non-hydrogen) atoms. The molecule has 0 aromatic rings. The smallest absolute Gasteiger partial charge is 0.309 e. The molecule has 0 radical (unpaired) electrons. The topological polar surface area (TPSA) is 46.5 Å². The van der Waals surface area contributed by atoms with Crippen LogP contribution in [-0.2, 0) is 9.53 Å². The Morgan fingerprint density at radius 3 is 2.89 bits per heavy atom. The monoisotopic (exact) mass is 130 g/mol. The molecule has 0 spiro atoms. The molecule has 0 saturated heterocycles. The second-order valence-electron chi connectivity index (χ2n) is 2.17. The number of aliphatic carboxylic acids is 1. The number of ether oxygens (including phenoxy) is 1. The Morgan fingerprint density at radius 1 is 1.89 bits per heavy atom. The average Bonchev–Trinajstić information content (AvgIpc) is 2.47.